The molecule has 2 heterocycles. The van der Waals surface area contributed by atoms with Crippen LogP contribution >= 0.6 is 0 Å². The van der Waals surface area contributed by atoms with Crippen LogP contribution in [0.3, 0.4) is 0 Å². The smallest absolute Gasteiger partial charge is 0.261 e. The molecule has 2 fully saturated rings. The molecule has 7 heteroatoms. The second-order valence-electron chi connectivity index (χ2n) is 14.0. The Morgan fingerprint density at radius 1 is 0.905 bits per heavy atom. The molecule has 42 heavy (non-hydrogen) atoms. The number of ether oxygens (including phenoxy) is 2. The third kappa shape index (κ3) is 6.53. The van der Waals surface area contributed by atoms with E-state index in [-0.39, 0.29) is 30.0 Å². The van der Waals surface area contributed by atoms with Crippen molar-refractivity contribution in [3.8, 4) is 0 Å². The monoisotopic (exact) mass is 612 g/mol. The number of hydrogen-bond acceptors (Lipinski definition) is 5. The average molecular weight is 613 g/mol. The molecule has 1 N–H and O–H groups in total. The minimum absolute atomic E-state index is 0.0123. The van der Waals surface area contributed by atoms with E-state index < -0.39 is 27.8 Å². The molecular formula is C35H56O5Si2. The number of fused-ring (bicyclic) bond motifs is 1. The number of aliphatic hydroxyl groups is 1. The lowest BCUT2D eigenvalue weighted by Gasteiger charge is -2.57. The van der Waals surface area contributed by atoms with Gasteiger partial charge in [-0.1, -0.05) is 102 Å². The zero-order valence-electron chi connectivity index (χ0n) is 27.4. The van der Waals surface area contributed by atoms with Gasteiger partial charge in [0.2, 0.25) is 0 Å². The minimum atomic E-state index is -2.65. The lowest BCUT2D eigenvalue weighted by atomic mass is 9.77. The summed E-state index contributed by atoms with van der Waals surface area (Å²) in [5, 5.41) is 12.5. The van der Waals surface area contributed by atoms with E-state index in [1.54, 1.807) is 0 Å². The highest BCUT2D eigenvalue weighted by atomic mass is 28.4. The molecule has 0 radical (unpaired) electrons. The first-order chi connectivity index (χ1) is 19.9. The maximum atomic E-state index is 10.0. The fourth-order valence-corrected chi connectivity index (χ4v) is 15.1. The summed E-state index contributed by atoms with van der Waals surface area (Å²) < 4.78 is 28.3. The normalized spacial score (nSPS) is 28.8. The highest BCUT2D eigenvalue weighted by molar-refractivity contribution is 6.99. The van der Waals surface area contributed by atoms with Crippen LogP contribution in [-0.4, -0.2) is 64.5 Å². The summed E-state index contributed by atoms with van der Waals surface area (Å²) in [6.07, 6.45) is 2.96. The van der Waals surface area contributed by atoms with Gasteiger partial charge in [-0.3, -0.25) is 0 Å². The van der Waals surface area contributed by atoms with Gasteiger partial charge >= 0.3 is 0 Å². The summed E-state index contributed by atoms with van der Waals surface area (Å²) in [5.74, 6) is 0. The Morgan fingerprint density at radius 2 is 1.45 bits per heavy atom. The first kappa shape index (κ1) is 33.6. The van der Waals surface area contributed by atoms with Crippen molar-refractivity contribution in [3.05, 3.63) is 60.7 Å². The lowest BCUT2D eigenvalue weighted by molar-refractivity contribution is -0.299. The van der Waals surface area contributed by atoms with Crippen LogP contribution in [0.25, 0.3) is 0 Å². The fraction of sp³-hybridized carbons (Fsp3) is 0.657. The molecule has 5 nitrogen and oxygen atoms in total. The van der Waals surface area contributed by atoms with Crippen LogP contribution in [-0.2, 0) is 18.3 Å². The van der Waals surface area contributed by atoms with Gasteiger partial charge in [-0.25, -0.2) is 0 Å². The Morgan fingerprint density at radius 3 is 1.93 bits per heavy atom. The van der Waals surface area contributed by atoms with E-state index in [1.165, 1.54) is 10.4 Å². The Balaban J connectivity index is 1.60. The second-order valence-corrected chi connectivity index (χ2v) is 23.1. The summed E-state index contributed by atoms with van der Waals surface area (Å²) in [6.45, 7) is 18.8. The summed E-state index contributed by atoms with van der Waals surface area (Å²) in [5.41, 5.74) is -0.939. The third-order valence-corrected chi connectivity index (χ3v) is 20.1. The van der Waals surface area contributed by atoms with E-state index in [0.717, 1.165) is 37.4 Å². The first-order valence-electron chi connectivity index (χ1n) is 16.3. The van der Waals surface area contributed by atoms with Gasteiger partial charge in [-0.2, -0.15) is 0 Å². The Hall–Kier alpha value is -1.33. The molecule has 2 aromatic carbocycles. The molecule has 2 aliphatic rings. The molecule has 2 aliphatic heterocycles. The van der Waals surface area contributed by atoms with E-state index in [0.29, 0.717) is 13.0 Å². The summed E-state index contributed by atoms with van der Waals surface area (Å²) >= 11 is 0. The van der Waals surface area contributed by atoms with E-state index in [2.05, 4.69) is 116 Å². The van der Waals surface area contributed by atoms with Crippen molar-refractivity contribution in [2.75, 3.05) is 13.2 Å². The van der Waals surface area contributed by atoms with E-state index in [4.69, 9.17) is 18.3 Å². The number of aliphatic hydroxyl groups excluding tert-OH is 1. The van der Waals surface area contributed by atoms with Gasteiger partial charge in [0.05, 0.1) is 36.1 Å². The molecule has 0 amide bonds. The Labute approximate surface area is 257 Å². The van der Waals surface area contributed by atoms with Crippen molar-refractivity contribution < 1.29 is 23.4 Å². The molecule has 2 aromatic rings. The molecule has 0 bridgehead atoms. The van der Waals surface area contributed by atoms with Crippen molar-refractivity contribution in [2.45, 2.75) is 134 Å². The standard InChI is InChI=1S/C35H56O5Si2/c1-9-41(10-2,11-3)39-32-26-31-34(7,40-35(32,8)24-25-36)23-22-28(38-31)27-37-42(33(4,5)6,29-18-14-12-15-19-29)30-20-16-13-17-21-30/h12-21,28,31-32,36H,9-11,22-27H2,1-8H3/t28-,31-,32+,34+,35-/m0/s1. The van der Waals surface area contributed by atoms with Crippen molar-refractivity contribution in [2.24, 2.45) is 0 Å². The second kappa shape index (κ2) is 13.3. The highest BCUT2D eigenvalue weighted by Gasteiger charge is 2.57. The molecular weight excluding hydrogens is 557 g/mol. The maximum absolute atomic E-state index is 10.0. The predicted molar refractivity (Wildman–Crippen MR) is 178 cm³/mol. The molecule has 0 saturated carbocycles. The van der Waals surface area contributed by atoms with Crippen LogP contribution in [0.2, 0.25) is 23.2 Å². The van der Waals surface area contributed by atoms with Crippen LogP contribution in [0.4, 0.5) is 0 Å². The zero-order valence-corrected chi connectivity index (χ0v) is 29.4. The van der Waals surface area contributed by atoms with Gasteiger partial charge in [-0.05, 0) is 60.2 Å². The molecule has 5 atom stereocenters. The van der Waals surface area contributed by atoms with Gasteiger partial charge in [0.1, 0.15) is 0 Å². The molecule has 2 saturated heterocycles. The molecule has 0 aliphatic carbocycles. The summed E-state index contributed by atoms with van der Waals surface area (Å²) in [6, 6.07) is 24.9. The van der Waals surface area contributed by atoms with Crippen molar-refractivity contribution in [1.82, 2.24) is 0 Å². The summed E-state index contributed by atoms with van der Waals surface area (Å²) in [7, 11) is -4.54. The van der Waals surface area contributed by atoms with E-state index in [1.807, 2.05) is 0 Å². The van der Waals surface area contributed by atoms with Crippen molar-refractivity contribution in [3.63, 3.8) is 0 Å². The molecule has 234 valence electrons. The lowest BCUT2D eigenvalue weighted by Crippen LogP contribution is -2.68. The van der Waals surface area contributed by atoms with Crippen molar-refractivity contribution >= 4 is 27.0 Å². The number of rotatable bonds is 12. The van der Waals surface area contributed by atoms with Gasteiger partial charge < -0.3 is 23.4 Å². The predicted octanol–water partition coefficient (Wildman–Crippen LogP) is 6.82. The van der Waals surface area contributed by atoms with Gasteiger partial charge in [0.15, 0.2) is 8.32 Å². The Bertz CT molecular complexity index is 1070. The largest absolute Gasteiger partial charge is 0.411 e. The van der Waals surface area contributed by atoms with Crippen molar-refractivity contribution in [1.29, 1.82) is 0 Å². The quantitative estimate of drug-likeness (QED) is 0.267. The SMILES string of the molecule is CC[Si](CC)(CC)O[C@@H]1C[C@@H]2O[C@H](CO[Si](c3ccccc3)(c3ccccc3)C(C)(C)C)CC[C@@]2(C)O[C@@]1(C)CCO. The van der Waals surface area contributed by atoms with Crippen LogP contribution in [0.1, 0.15) is 81.1 Å². The Kier molecular flexibility index (Phi) is 10.7. The minimum Gasteiger partial charge on any atom is -0.411 e. The van der Waals surface area contributed by atoms with Gasteiger partial charge in [0, 0.05) is 19.4 Å². The molecule has 0 unspecified atom stereocenters. The molecule has 0 spiro atoms. The third-order valence-electron chi connectivity index (χ3n) is 10.4. The number of hydrogen-bond donors (Lipinski definition) is 1. The van der Waals surface area contributed by atoms with Crippen LogP contribution < -0.4 is 10.4 Å². The first-order valence-corrected chi connectivity index (χ1v) is 20.7. The van der Waals surface area contributed by atoms with Crippen LogP contribution in [0.5, 0.6) is 0 Å². The fourth-order valence-electron chi connectivity index (χ4n) is 7.53. The van der Waals surface area contributed by atoms with E-state index in [9.17, 15) is 5.11 Å². The summed E-state index contributed by atoms with van der Waals surface area (Å²) in [4.78, 5) is 0. The number of benzene rings is 2. The maximum Gasteiger partial charge on any atom is 0.261 e. The average Bonchev–Trinajstić information content (AvgIpc) is 2.97. The van der Waals surface area contributed by atoms with Crippen LogP contribution in [0.15, 0.2) is 60.7 Å². The highest BCUT2D eigenvalue weighted by Crippen LogP contribution is 2.47. The van der Waals surface area contributed by atoms with Gasteiger partial charge in [0.25, 0.3) is 8.32 Å². The molecule has 4 rings (SSSR count). The van der Waals surface area contributed by atoms with E-state index >= 15 is 0 Å². The zero-order chi connectivity index (χ0) is 30.7. The molecule has 0 aromatic heterocycles. The van der Waals surface area contributed by atoms with Gasteiger partial charge in [-0.15, -0.1) is 0 Å². The topological polar surface area (TPSA) is 57.2 Å². The van der Waals surface area contributed by atoms with Crippen LogP contribution in [0, 0.1) is 0 Å².